The van der Waals surface area contributed by atoms with Crippen LogP contribution in [0.15, 0.2) is 42.9 Å². The number of anilines is 3. The highest BCUT2D eigenvalue weighted by Gasteiger charge is 2.38. The maximum atomic E-state index is 11.9. The van der Waals surface area contributed by atoms with Crippen LogP contribution in [0.25, 0.3) is 22.2 Å². The third-order valence-electron chi connectivity index (χ3n) is 8.58. The summed E-state index contributed by atoms with van der Waals surface area (Å²) in [5.74, 6) is 2.39. The lowest BCUT2D eigenvalue weighted by Crippen LogP contribution is -2.57. The van der Waals surface area contributed by atoms with Crippen molar-refractivity contribution >= 4 is 49.5 Å². The summed E-state index contributed by atoms with van der Waals surface area (Å²) in [4.78, 5) is 16.2. The Bertz CT molecular complexity index is 1740. The summed E-state index contributed by atoms with van der Waals surface area (Å²) in [6.45, 7) is 7.16. The number of nitrogens with zero attached hydrogens (tertiary/aromatic N) is 6. The number of ether oxygens (including phenoxy) is 1. The fourth-order valence-corrected chi connectivity index (χ4v) is 7.38. The van der Waals surface area contributed by atoms with Crippen LogP contribution >= 0.6 is 11.6 Å². The summed E-state index contributed by atoms with van der Waals surface area (Å²) in [6.07, 6.45) is 8.87. The largest absolute Gasteiger partial charge is 0.381 e. The number of hydrogen-bond acceptors (Lipinski definition) is 9. The van der Waals surface area contributed by atoms with Gasteiger partial charge >= 0.3 is 0 Å². The summed E-state index contributed by atoms with van der Waals surface area (Å²) in [7, 11) is -1.29. The first-order valence-corrected chi connectivity index (χ1v) is 16.7. The minimum Gasteiger partial charge on any atom is -0.381 e. The number of rotatable bonds is 9. The van der Waals surface area contributed by atoms with E-state index >= 15 is 0 Å². The molecule has 2 fully saturated rings. The van der Waals surface area contributed by atoms with E-state index in [0.717, 1.165) is 29.3 Å². The zero-order valence-corrected chi connectivity index (χ0v) is 26.0. The Labute approximate surface area is 251 Å². The van der Waals surface area contributed by atoms with Crippen molar-refractivity contribution in [1.29, 1.82) is 0 Å². The van der Waals surface area contributed by atoms with Crippen LogP contribution in [0, 0.1) is 5.92 Å². The van der Waals surface area contributed by atoms with Gasteiger partial charge in [0.05, 0.1) is 23.5 Å². The van der Waals surface area contributed by atoms with E-state index in [-0.39, 0.29) is 29.9 Å². The number of halogens is 1. The van der Waals surface area contributed by atoms with Crippen molar-refractivity contribution in [3.05, 3.63) is 53.6 Å². The van der Waals surface area contributed by atoms with Gasteiger partial charge in [-0.05, 0) is 54.8 Å². The first-order chi connectivity index (χ1) is 20.0. The van der Waals surface area contributed by atoms with Gasteiger partial charge in [0, 0.05) is 61.5 Å². The number of fused-ring (bicyclic) bond motifs is 1. The smallest absolute Gasteiger partial charge is 0.166 e. The van der Waals surface area contributed by atoms with Gasteiger partial charge in [-0.2, -0.15) is 5.10 Å². The molecule has 0 unspecified atom stereocenters. The molecule has 4 aromatic rings. The van der Waals surface area contributed by atoms with Crippen LogP contribution in [0.3, 0.4) is 0 Å². The highest BCUT2D eigenvalue weighted by Crippen LogP contribution is 2.40. The first-order valence-electron chi connectivity index (χ1n) is 14.3. The quantitative estimate of drug-likeness (QED) is 0.258. The third kappa shape index (κ3) is 5.57. The number of sulfone groups is 1. The predicted molar refractivity (Wildman–Crippen MR) is 166 cm³/mol. The number of aromatic nitrogens is 5. The normalized spacial score (nSPS) is 22.3. The second-order valence-corrected chi connectivity index (χ2v) is 14.4. The first kappa shape index (κ1) is 28.8. The van der Waals surface area contributed by atoms with Gasteiger partial charge in [0.15, 0.2) is 11.0 Å². The number of methoxy groups -OCH3 is 1. The summed E-state index contributed by atoms with van der Waals surface area (Å²) >= 11 is 6.50. The lowest BCUT2D eigenvalue weighted by Gasteiger charge is -2.48. The topological polar surface area (TPSA) is 115 Å². The van der Waals surface area contributed by atoms with Gasteiger partial charge in [-0.15, -0.1) is 0 Å². The number of nitrogens with one attached hydrogen (secondary N) is 1. The fourth-order valence-electron chi connectivity index (χ4n) is 6.00. The van der Waals surface area contributed by atoms with Crippen molar-refractivity contribution in [2.45, 2.75) is 57.7 Å². The number of pyridine rings is 1. The van der Waals surface area contributed by atoms with E-state index in [2.05, 4.69) is 59.3 Å². The summed E-state index contributed by atoms with van der Waals surface area (Å²) in [5.41, 5.74) is 2.97. The van der Waals surface area contributed by atoms with Gasteiger partial charge in [-0.3, -0.25) is 4.68 Å². The molecule has 4 heterocycles. The van der Waals surface area contributed by atoms with E-state index in [1.165, 1.54) is 11.8 Å². The van der Waals surface area contributed by atoms with Crippen molar-refractivity contribution in [3.63, 3.8) is 0 Å². The SMILES string of the molecule is COC1CC(n2cc(-c3nccc(Nc4cc5c(C(C)C)ccc(N6C[C@H](CS(C)(=O)=O)[C@H]6C)c5cn4)n3)c(Cl)n2)C1. The average Bonchev–Trinajstić information content (AvgIpc) is 3.30. The molecule has 42 heavy (non-hydrogen) atoms. The molecule has 0 amide bonds. The Morgan fingerprint density at radius 3 is 2.62 bits per heavy atom. The monoisotopic (exact) mass is 609 g/mol. The number of hydrogen-bond donors (Lipinski definition) is 1. The molecule has 222 valence electrons. The Morgan fingerprint density at radius 2 is 1.93 bits per heavy atom. The highest BCUT2D eigenvalue weighted by molar-refractivity contribution is 7.90. The lowest BCUT2D eigenvalue weighted by molar-refractivity contribution is 0.00251. The van der Waals surface area contributed by atoms with Crippen LogP contribution < -0.4 is 10.2 Å². The molecule has 1 saturated heterocycles. The molecule has 12 heteroatoms. The van der Waals surface area contributed by atoms with Crippen LogP contribution in [0.1, 0.15) is 51.1 Å². The molecule has 2 atom stereocenters. The predicted octanol–water partition coefficient (Wildman–Crippen LogP) is 5.63. The molecule has 1 saturated carbocycles. The molecule has 6 rings (SSSR count). The van der Waals surface area contributed by atoms with E-state index in [9.17, 15) is 8.42 Å². The molecule has 10 nitrogen and oxygen atoms in total. The van der Waals surface area contributed by atoms with Crippen molar-refractivity contribution < 1.29 is 13.2 Å². The van der Waals surface area contributed by atoms with Crippen LogP contribution in [0.2, 0.25) is 5.15 Å². The van der Waals surface area contributed by atoms with Crippen molar-refractivity contribution in [1.82, 2.24) is 24.7 Å². The van der Waals surface area contributed by atoms with Gasteiger partial charge in [0.2, 0.25) is 0 Å². The Balaban J connectivity index is 1.26. The average molecular weight is 610 g/mol. The Morgan fingerprint density at radius 1 is 1.14 bits per heavy atom. The standard InChI is InChI=1S/C30H36ClN7O3S/c1-17(2)22-6-7-26(37-14-19(18(37)3)16-42(5,39)40)24-13-33-28(12-23(22)24)34-27-8-9-32-30(35-27)25-15-38(36-29(25)31)20-10-21(11-20)41-4/h6-9,12-13,15,17-21H,10-11,14,16H2,1-5H3,(H,32,33,34,35)/t18-,19-,20?,21?/m1/s1. The molecular formula is C30H36ClN7O3S. The van der Waals surface area contributed by atoms with E-state index in [1.54, 1.807) is 19.4 Å². The van der Waals surface area contributed by atoms with E-state index in [1.807, 2.05) is 17.1 Å². The van der Waals surface area contributed by atoms with Crippen molar-refractivity contribution in [2.24, 2.45) is 5.92 Å². The lowest BCUT2D eigenvalue weighted by atomic mass is 9.88. The molecular weight excluding hydrogens is 574 g/mol. The molecule has 1 aliphatic heterocycles. The maximum Gasteiger partial charge on any atom is 0.166 e. The maximum absolute atomic E-state index is 11.9. The molecule has 2 aliphatic rings. The van der Waals surface area contributed by atoms with Crippen LogP contribution in [-0.2, 0) is 14.6 Å². The van der Waals surface area contributed by atoms with Crippen molar-refractivity contribution in [2.75, 3.05) is 35.9 Å². The molecule has 1 aromatic carbocycles. The van der Waals surface area contributed by atoms with Gasteiger partial charge < -0.3 is 15.0 Å². The summed E-state index contributed by atoms with van der Waals surface area (Å²) in [6, 6.07) is 8.55. The minimum absolute atomic E-state index is 0.122. The van der Waals surface area contributed by atoms with Crippen LogP contribution in [0.4, 0.5) is 17.3 Å². The van der Waals surface area contributed by atoms with Crippen LogP contribution in [0.5, 0.6) is 0 Å². The minimum atomic E-state index is -3.02. The molecule has 3 aromatic heterocycles. The highest BCUT2D eigenvalue weighted by atomic mass is 35.5. The molecule has 0 spiro atoms. The Hall–Kier alpha value is -3.28. The van der Waals surface area contributed by atoms with Crippen LogP contribution in [-0.4, -0.2) is 71.0 Å². The van der Waals surface area contributed by atoms with Gasteiger partial charge in [0.1, 0.15) is 21.5 Å². The molecule has 1 aliphatic carbocycles. The summed E-state index contributed by atoms with van der Waals surface area (Å²) < 4.78 is 31.0. The van der Waals surface area contributed by atoms with E-state index < -0.39 is 9.84 Å². The summed E-state index contributed by atoms with van der Waals surface area (Å²) in [5, 5.41) is 10.4. The van der Waals surface area contributed by atoms with Gasteiger partial charge in [0.25, 0.3) is 0 Å². The zero-order chi connectivity index (χ0) is 29.8. The molecule has 0 bridgehead atoms. The zero-order valence-electron chi connectivity index (χ0n) is 24.5. The molecule has 1 N–H and O–H groups in total. The second-order valence-electron chi connectivity index (χ2n) is 11.9. The van der Waals surface area contributed by atoms with E-state index in [0.29, 0.717) is 40.6 Å². The van der Waals surface area contributed by atoms with Gasteiger partial charge in [-0.25, -0.2) is 23.4 Å². The molecule has 0 radical (unpaired) electrons. The second kappa shape index (κ2) is 11.1. The van der Waals surface area contributed by atoms with E-state index in [4.69, 9.17) is 26.3 Å². The fraction of sp³-hybridized carbons (Fsp3) is 0.467. The number of benzene rings is 1. The Kier molecular flexibility index (Phi) is 7.61. The van der Waals surface area contributed by atoms with Crippen molar-refractivity contribution in [3.8, 4) is 11.4 Å². The third-order valence-corrected chi connectivity index (χ3v) is 9.89. The van der Waals surface area contributed by atoms with Gasteiger partial charge in [-0.1, -0.05) is 31.5 Å².